The second-order valence-electron chi connectivity index (χ2n) is 9.29. The van der Waals surface area contributed by atoms with Crippen LogP contribution in [0.5, 0.6) is 17.2 Å². The molecule has 0 aliphatic carbocycles. The van der Waals surface area contributed by atoms with Gasteiger partial charge < -0.3 is 24.2 Å². The highest BCUT2D eigenvalue weighted by Gasteiger charge is 2.34. The van der Waals surface area contributed by atoms with Gasteiger partial charge in [-0.3, -0.25) is 9.36 Å². The molecule has 1 aromatic heterocycles. The maximum absolute atomic E-state index is 14.0. The van der Waals surface area contributed by atoms with Gasteiger partial charge in [0.05, 0.1) is 41.7 Å². The van der Waals surface area contributed by atoms with Crippen molar-refractivity contribution in [2.24, 2.45) is 4.99 Å². The highest BCUT2D eigenvalue weighted by atomic mass is 32.1. The second-order valence-corrected chi connectivity index (χ2v) is 10.3. The minimum Gasteiger partial charge on any atom is -0.507 e. The number of ether oxygens (including phenoxy) is 3. The fourth-order valence-corrected chi connectivity index (χ4v) is 5.96. The van der Waals surface area contributed by atoms with Crippen LogP contribution in [0.1, 0.15) is 58.7 Å². The van der Waals surface area contributed by atoms with E-state index in [9.17, 15) is 14.7 Å². The molecule has 2 aromatic carbocycles. The largest absolute Gasteiger partial charge is 0.507 e. The first kappa shape index (κ1) is 29.9. The summed E-state index contributed by atoms with van der Waals surface area (Å²) in [6.45, 7) is 14.0. The van der Waals surface area contributed by atoms with Gasteiger partial charge in [0.2, 0.25) is 0 Å². The number of esters is 1. The number of nitrogens with zero attached hydrogens (tertiary/aromatic N) is 3. The van der Waals surface area contributed by atoms with Crippen molar-refractivity contribution in [1.29, 1.82) is 0 Å². The number of carbonyl (C=O) groups is 1. The number of fused-ring (bicyclic) bond motifs is 1. The average molecular weight is 580 g/mol. The van der Waals surface area contributed by atoms with Gasteiger partial charge in [-0.15, -0.1) is 0 Å². The maximum atomic E-state index is 14.0. The molecule has 1 atom stereocenters. The molecule has 1 unspecified atom stereocenters. The second kappa shape index (κ2) is 13.1. The highest BCUT2D eigenvalue weighted by Crippen LogP contribution is 2.36. The summed E-state index contributed by atoms with van der Waals surface area (Å²) in [5.74, 6) is 0.634. The number of allylic oxidation sites excluding steroid dienone is 1. The SMILES string of the molecule is CCOC(=O)C1=C(C)N=c2s/c(=C/c3ccc(N(CC)CC)cc3O)c(=O)n2C1c1ccc(OCC)c(OCC)c1. The van der Waals surface area contributed by atoms with E-state index in [4.69, 9.17) is 14.2 Å². The number of benzene rings is 2. The Morgan fingerprint density at radius 3 is 2.37 bits per heavy atom. The van der Waals surface area contributed by atoms with E-state index in [-0.39, 0.29) is 23.5 Å². The molecule has 218 valence electrons. The monoisotopic (exact) mass is 579 g/mol. The molecule has 0 saturated heterocycles. The topological polar surface area (TPSA) is 103 Å². The number of aromatic nitrogens is 1. The third kappa shape index (κ3) is 6.02. The van der Waals surface area contributed by atoms with Crippen molar-refractivity contribution in [1.82, 2.24) is 4.57 Å². The number of hydrogen-bond acceptors (Lipinski definition) is 9. The molecule has 0 saturated carbocycles. The summed E-state index contributed by atoms with van der Waals surface area (Å²) in [4.78, 5) is 34.4. The molecule has 41 heavy (non-hydrogen) atoms. The number of phenols is 1. The minimum absolute atomic E-state index is 0.0769. The van der Waals surface area contributed by atoms with Crippen LogP contribution in [-0.2, 0) is 9.53 Å². The molecule has 10 heteroatoms. The van der Waals surface area contributed by atoms with Gasteiger partial charge in [-0.05, 0) is 77.4 Å². The van der Waals surface area contributed by atoms with E-state index in [0.29, 0.717) is 50.9 Å². The van der Waals surface area contributed by atoms with Gasteiger partial charge in [0.25, 0.3) is 5.56 Å². The van der Waals surface area contributed by atoms with Crippen molar-refractivity contribution in [3.05, 3.63) is 78.5 Å². The predicted molar refractivity (Wildman–Crippen MR) is 161 cm³/mol. The van der Waals surface area contributed by atoms with Crippen molar-refractivity contribution in [3.63, 3.8) is 0 Å². The van der Waals surface area contributed by atoms with Crippen molar-refractivity contribution >= 4 is 29.1 Å². The van der Waals surface area contributed by atoms with Gasteiger partial charge in [0.15, 0.2) is 16.3 Å². The number of thiazole rings is 1. The summed E-state index contributed by atoms with van der Waals surface area (Å²) in [7, 11) is 0. The summed E-state index contributed by atoms with van der Waals surface area (Å²) in [5.41, 5.74) is 2.51. The third-order valence-electron chi connectivity index (χ3n) is 6.83. The fraction of sp³-hybridized carbons (Fsp3) is 0.387. The van der Waals surface area contributed by atoms with Crippen LogP contribution in [0.2, 0.25) is 0 Å². The van der Waals surface area contributed by atoms with Gasteiger partial charge in [-0.2, -0.15) is 0 Å². The molecule has 2 heterocycles. The molecular weight excluding hydrogens is 542 g/mol. The zero-order valence-corrected chi connectivity index (χ0v) is 25.2. The Bertz CT molecular complexity index is 1630. The molecule has 0 bridgehead atoms. The van der Waals surface area contributed by atoms with Crippen LogP contribution in [0.25, 0.3) is 6.08 Å². The first-order chi connectivity index (χ1) is 19.8. The third-order valence-corrected chi connectivity index (χ3v) is 7.81. The Morgan fingerprint density at radius 2 is 1.73 bits per heavy atom. The van der Waals surface area contributed by atoms with Crippen LogP contribution in [0.4, 0.5) is 5.69 Å². The fourth-order valence-electron chi connectivity index (χ4n) is 4.93. The zero-order valence-electron chi connectivity index (χ0n) is 24.4. The van der Waals surface area contributed by atoms with E-state index in [2.05, 4.69) is 23.7 Å². The molecular formula is C31H37N3O6S. The Hall–Kier alpha value is -4.05. The quantitative estimate of drug-likeness (QED) is 0.341. The Morgan fingerprint density at radius 1 is 1.02 bits per heavy atom. The molecule has 1 aliphatic rings. The van der Waals surface area contributed by atoms with Crippen LogP contribution < -0.4 is 29.3 Å². The first-order valence-electron chi connectivity index (χ1n) is 13.9. The van der Waals surface area contributed by atoms with Crippen molar-refractivity contribution in [3.8, 4) is 17.2 Å². The van der Waals surface area contributed by atoms with Gasteiger partial charge in [0, 0.05) is 30.4 Å². The van der Waals surface area contributed by atoms with Crippen LogP contribution in [0, 0.1) is 0 Å². The van der Waals surface area contributed by atoms with Gasteiger partial charge in [-0.25, -0.2) is 9.79 Å². The van der Waals surface area contributed by atoms with E-state index in [0.717, 1.165) is 18.8 Å². The van der Waals surface area contributed by atoms with E-state index < -0.39 is 12.0 Å². The number of phenolic OH excluding ortho intramolecular Hbond substituents is 1. The minimum atomic E-state index is -0.791. The van der Waals surface area contributed by atoms with E-state index in [1.165, 1.54) is 15.9 Å². The number of aromatic hydroxyl groups is 1. The smallest absolute Gasteiger partial charge is 0.338 e. The molecule has 0 radical (unpaired) electrons. The molecule has 0 fully saturated rings. The van der Waals surface area contributed by atoms with E-state index >= 15 is 0 Å². The van der Waals surface area contributed by atoms with Gasteiger partial charge >= 0.3 is 5.97 Å². The van der Waals surface area contributed by atoms with Crippen LogP contribution in [0.15, 0.2) is 57.5 Å². The van der Waals surface area contributed by atoms with Crippen molar-refractivity contribution in [2.75, 3.05) is 37.8 Å². The summed E-state index contributed by atoms with van der Waals surface area (Å²) in [5, 5.41) is 10.8. The number of rotatable bonds is 11. The van der Waals surface area contributed by atoms with Crippen molar-refractivity contribution in [2.45, 2.75) is 47.6 Å². The molecule has 4 rings (SSSR count). The summed E-state index contributed by atoms with van der Waals surface area (Å²) in [6, 6.07) is 10.0. The molecule has 0 spiro atoms. The predicted octanol–water partition coefficient (Wildman–Crippen LogP) is 4.15. The Balaban J connectivity index is 1.91. The lowest BCUT2D eigenvalue weighted by Gasteiger charge is -2.25. The lowest BCUT2D eigenvalue weighted by molar-refractivity contribution is -0.139. The normalized spacial score (nSPS) is 14.9. The molecule has 3 aromatic rings. The van der Waals surface area contributed by atoms with E-state index in [1.807, 2.05) is 26.0 Å². The molecule has 0 amide bonds. The average Bonchev–Trinajstić information content (AvgIpc) is 3.25. The molecule has 1 aliphatic heterocycles. The maximum Gasteiger partial charge on any atom is 0.338 e. The van der Waals surface area contributed by atoms with Gasteiger partial charge in [0.1, 0.15) is 5.75 Å². The zero-order chi connectivity index (χ0) is 29.7. The summed E-state index contributed by atoms with van der Waals surface area (Å²) in [6.07, 6.45) is 1.66. The van der Waals surface area contributed by atoms with E-state index in [1.54, 1.807) is 44.2 Å². The van der Waals surface area contributed by atoms with Crippen LogP contribution in [0.3, 0.4) is 0 Å². The molecule has 9 nitrogen and oxygen atoms in total. The number of hydrogen-bond donors (Lipinski definition) is 1. The van der Waals surface area contributed by atoms with Gasteiger partial charge in [-0.1, -0.05) is 17.4 Å². The summed E-state index contributed by atoms with van der Waals surface area (Å²) < 4.78 is 18.9. The Labute approximate surface area is 243 Å². The Kier molecular flexibility index (Phi) is 9.54. The summed E-state index contributed by atoms with van der Waals surface area (Å²) >= 11 is 1.20. The highest BCUT2D eigenvalue weighted by molar-refractivity contribution is 7.07. The lowest BCUT2D eigenvalue weighted by Crippen LogP contribution is -2.40. The van der Waals surface area contributed by atoms with Crippen LogP contribution >= 0.6 is 11.3 Å². The number of carbonyl (C=O) groups excluding carboxylic acids is 1. The lowest BCUT2D eigenvalue weighted by atomic mass is 9.95. The molecule has 1 N–H and O–H groups in total. The standard InChI is InChI=1S/C31H37N3O6S/c1-7-33(8-2)22-14-12-20(23(35)18-22)17-26-29(36)34-28(21-13-15-24(38-9-3)25(16-21)39-10-4)27(30(37)40-11-5)19(6)32-31(34)41-26/h12-18,28,35H,7-11H2,1-6H3/b26-17+. The van der Waals surface area contributed by atoms with Crippen molar-refractivity contribution < 1.29 is 24.1 Å². The number of anilines is 1. The van der Waals surface area contributed by atoms with Crippen LogP contribution in [-0.4, -0.2) is 48.6 Å². The first-order valence-corrected chi connectivity index (χ1v) is 14.8.